The zero-order valence-electron chi connectivity index (χ0n) is 11.3. The van der Waals surface area contributed by atoms with Crippen LogP contribution in [0.1, 0.15) is 23.4 Å². The molecule has 3 fully saturated rings. The summed E-state index contributed by atoms with van der Waals surface area (Å²) in [5, 5.41) is 4.13. The molecule has 2 bridgehead atoms. The van der Waals surface area contributed by atoms with Crippen molar-refractivity contribution >= 4 is 16.9 Å². The van der Waals surface area contributed by atoms with Gasteiger partial charge < -0.3 is 14.6 Å². The van der Waals surface area contributed by atoms with Crippen molar-refractivity contribution in [2.24, 2.45) is 5.92 Å². The first-order valence-electron chi connectivity index (χ1n) is 7.31. The number of rotatable bonds is 2. The highest BCUT2D eigenvalue weighted by Crippen LogP contribution is 2.28. The molecule has 0 aliphatic carbocycles. The summed E-state index contributed by atoms with van der Waals surface area (Å²) in [6.45, 7) is 3.35. The van der Waals surface area contributed by atoms with Gasteiger partial charge in [0, 0.05) is 18.0 Å². The van der Waals surface area contributed by atoms with Gasteiger partial charge in [-0.05, 0) is 44.0 Å². The maximum atomic E-state index is 12.3. The van der Waals surface area contributed by atoms with Crippen molar-refractivity contribution in [1.29, 1.82) is 0 Å². The van der Waals surface area contributed by atoms with Gasteiger partial charge in [-0.25, -0.2) is 0 Å². The van der Waals surface area contributed by atoms with E-state index in [0.717, 1.165) is 17.5 Å². The number of nitrogens with zero attached hydrogens (tertiary/aromatic N) is 1. The fourth-order valence-electron chi connectivity index (χ4n) is 3.46. The Kier molecular flexibility index (Phi) is 2.77. The van der Waals surface area contributed by atoms with Crippen LogP contribution in [0.25, 0.3) is 11.0 Å². The molecule has 2 aromatic rings. The van der Waals surface area contributed by atoms with Crippen LogP contribution in [-0.4, -0.2) is 36.5 Å². The zero-order valence-corrected chi connectivity index (χ0v) is 11.3. The Hall–Kier alpha value is -1.81. The Bertz CT molecular complexity index is 608. The summed E-state index contributed by atoms with van der Waals surface area (Å²) >= 11 is 0. The Labute approximate surface area is 117 Å². The van der Waals surface area contributed by atoms with Gasteiger partial charge in [0.05, 0.1) is 0 Å². The lowest BCUT2D eigenvalue weighted by Crippen LogP contribution is -2.57. The smallest absolute Gasteiger partial charge is 0.287 e. The van der Waals surface area contributed by atoms with Crippen molar-refractivity contribution in [2.75, 3.05) is 19.6 Å². The summed E-state index contributed by atoms with van der Waals surface area (Å²) in [6.07, 6.45) is 2.40. The minimum absolute atomic E-state index is 0.0834. The Balaban J connectivity index is 1.52. The molecule has 1 amide bonds. The third-order valence-corrected chi connectivity index (χ3v) is 4.62. The third-order valence-electron chi connectivity index (χ3n) is 4.62. The molecule has 1 atom stereocenters. The fourth-order valence-corrected chi connectivity index (χ4v) is 3.46. The summed E-state index contributed by atoms with van der Waals surface area (Å²) in [7, 11) is 0. The van der Waals surface area contributed by atoms with Gasteiger partial charge in [0.1, 0.15) is 5.58 Å². The van der Waals surface area contributed by atoms with E-state index >= 15 is 0 Å². The summed E-state index contributed by atoms with van der Waals surface area (Å²) in [4.78, 5) is 14.8. The van der Waals surface area contributed by atoms with E-state index in [2.05, 4.69) is 10.2 Å². The lowest BCUT2D eigenvalue weighted by molar-refractivity contribution is 0.0607. The third kappa shape index (κ3) is 2.00. The molecule has 1 N–H and O–H groups in total. The molecule has 4 heterocycles. The van der Waals surface area contributed by atoms with E-state index in [-0.39, 0.29) is 11.9 Å². The van der Waals surface area contributed by atoms with Crippen LogP contribution in [0.5, 0.6) is 0 Å². The Morgan fingerprint density at radius 2 is 2.05 bits per heavy atom. The first kappa shape index (κ1) is 12.0. The van der Waals surface area contributed by atoms with Gasteiger partial charge in [0.15, 0.2) is 5.76 Å². The molecule has 5 rings (SSSR count). The first-order chi connectivity index (χ1) is 9.79. The minimum atomic E-state index is -0.0834. The minimum Gasteiger partial charge on any atom is -0.451 e. The molecule has 3 aliphatic heterocycles. The number of para-hydroxylation sites is 1. The molecule has 20 heavy (non-hydrogen) atoms. The van der Waals surface area contributed by atoms with Crippen LogP contribution >= 0.6 is 0 Å². The van der Waals surface area contributed by atoms with Crippen LogP contribution in [-0.2, 0) is 0 Å². The van der Waals surface area contributed by atoms with E-state index in [1.54, 1.807) is 0 Å². The second-order valence-electron chi connectivity index (χ2n) is 5.87. The average molecular weight is 270 g/mol. The number of piperidine rings is 3. The molecule has 3 saturated heterocycles. The highest BCUT2D eigenvalue weighted by molar-refractivity contribution is 5.96. The Morgan fingerprint density at radius 3 is 2.75 bits per heavy atom. The van der Waals surface area contributed by atoms with Crippen molar-refractivity contribution in [2.45, 2.75) is 18.9 Å². The molecule has 0 spiro atoms. The molecule has 4 heteroatoms. The van der Waals surface area contributed by atoms with Crippen molar-refractivity contribution in [3.8, 4) is 0 Å². The number of nitrogens with one attached hydrogen (secondary N) is 1. The van der Waals surface area contributed by atoms with Crippen LogP contribution in [0.15, 0.2) is 34.7 Å². The lowest BCUT2D eigenvalue weighted by atomic mass is 9.84. The van der Waals surface area contributed by atoms with E-state index in [1.165, 1.54) is 25.9 Å². The summed E-state index contributed by atoms with van der Waals surface area (Å²) < 4.78 is 5.63. The zero-order chi connectivity index (χ0) is 13.5. The molecule has 1 aromatic carbocycles. The standard InChI is InChI=1S/C16H18N2O2/c19-16(15-9-12-3-1-2-4-14(12)20-15)17-13-10-18-7-5-11(13)6-8-18/h1-4,9,11,13H,5-8,10H2,(H,17,19)/t13-/m0/s1. The van der Waals surface area contributed by atoms with Gasteiger partial charge in [-0.2, -0.15) is 0 Å². The Morgan fingerprint density at radius 1 is 1.25 bits per heavy atom. The molecule has 104 valence electrons. The van der Waals surface area contributed by atoms with Crippen LogP contribution in [0.3, 0.4) is 0 Å². The molecule has 4 nitrogen and oxygen atoms in total. The van der Waals surface area contributed by atoms with E-state index in [4.69, 9.17) is 4.42 Å². The van der Waals surface area contributed by atoms with E-state index in [0.29, 0.717) is 11.7 Å². The first-order valence-corrected chi connectivity index (χ1v) is 7.31. The number of benzene rings is 1. The number of carbonyl (C=O) groups is 1. The molecular weight excluding hydrogens is 252 g/mol. The molecule has 0 radical (unpaired) electrons. The SMILES string of the molecule is O=C(N[C@H]1CN2CCC1CC2)c1cc2ccccc2o1. The van der Waals surface area contributed by atoms with Crippen LogP contribution < -0.4 is 5.32 Å². The second kappa shape index (κ2) is 4.63. The second-order valence-corrected chi connectivity index (χ2v) is 5.87. The predicted molar refractivity (Wildman–Crippen MR) is 76.6 cm³/mol. The van der Waals surface area contributed by atoms with Gasteiger partial charge in [-0.3, -0.25) is 4.79 Å². The maximum absolute atomic E-state index is 12.3. The van der Waals surface area contributed by atoms with Crippen molar-refractivity contribution in [3.05, 3.63) is 36.1 Å². The lowest BCUT2D eigenvalue weighted by Gasteiger charge is -2.44. The van der Waals surface area contributed by atoms with Crippen LogP contribution in [0.4, 0.5) is 0 Å². The molecular formula is C16H18N2O2. The van der Waals surface area contributed by atoms with E-state index < -0.39 is 0 Å². The van der Waals surface area contributed by atoms with Gasteiger partial charge in [-0.15, -0.1) is 0 Å². The molecule has 0 unspecified atom stereocenters. The topological polar surface area (TPSA) is 45.5 Å². The molecule has 1 aromatic heterocycles. The number of amides is 1. The summed E-state index contributed by atoms with van der Waals surface area (Å²) in [5.74, 6) is 0.968. The average Bonchev–Trinajstić information content (AvgIpc) is 2.92. The van der Waals surface area contributed by atoms with Crippen LogP contribution in [0.2, 0.25) is 0 Å². The van der Waals surface area contributed by atoms with Gasteiger partial charge in [-0.1, -0.05) is 18.2 Å². The summed E-state index contributed by atoms with van der Waals surface area (Å²) in [6, 6.07) is 9.82. The van der Waals surface area contributed by atoms with Gasteiger partial charge >= 0.3 is 0 Å². The summed E-state index contributed by atoms with van der Waals surface area (Å²) in [5.41, 5.74) is 0.770. The van der Waals surface area contributed by atoms with Gasteiger partial charge in [0.2, 0.25) is 0 Å². The number of carbonyl (C=O) groups excluding carboxylic acids is 1. The molecule has 3 aliphatic rings. The van der Waals surface area contributed by atoms with Crippen molar-refractivity contribution in [1.82, 2.24) is 10.2 Å². The molecule has 0 saturated carbocycles. The highest BCUT2D eigenvalue weighted by atomic mass is 16.3. The van der Waals surface area contributed by atoms with Crippen molar-refractivity contribution < 1.29 is 9.21 Å². The van der Waals surface area contributed by atoms with E-state index in [9.17, 15) is 4.79 Å². The number of hydrogen-bond donors (Lipinski definition) is 1. The number of hydrogen-bond acceptors (Lipinski definition) is 3. The van der Waals surface area contributed by atoms with Crippen LogP contribution in [0, 0.1) is 5.92 Å². The predicted octanol–water partition coefficient (Wildman–Crippen LogP) is 2.26. The fraction of sp³-hybridized carbons (Fsp3) is 0.438. The quantitative estimate of drug-likeness (QED) is 0.910. The largest absolute Gasteiger partial charge is 0.451 e. The maximum Gasteiger partial charge on any atom is 0.287 e. The number of fused-ring (bicyclic) bond motifs is 4. The van der Waals surface area contributed by atoms with Crippen molar-refractivity contribution in [3.63, 3.8) is 0 Å². The monoisotopic (exact) mass is 270 g/mol. The highest BCUT2D eigenvalue weighted by Gasteiger charge is 2.35. The number of furan rings is 1. The normalized spacial score (nSPS) is 28.7. The van der Waals surface area contributed by atoms with Gasteiger partial charge in [0.25, 0.3) is 5.91 Å². The van der Waals surface area contributed by atoms with E-state index in [1.807, 2.05) is 30.3 Å².